The topological polar surface area (TPSA) is 103 Å². The van der Waals surface area contributed by atoms with Crippen molar-refractivity contribution in [1.82, 2.24) is 19.9 Å². The molecule has 1 fully saturated rings. The molecule has 164 valence electrons. The number of imidazole rings is 1. The summed E-state index contributed by atoms with van der Waals surface area (Å²) in [7, 11) is -3.29. The summed E-state index contributed by atoms with van der Waals surface area (Å²) in [5, 5.41) is 2.89. The van der Waals surface area contributed by atoms with Gasteiger partial charge in [0.25, 0.3) is 0 Å². The quantitative estimate of drug-likeness (QED) is 0.575. The third-order valence-corrected chi connectivity index (χ3v) is 6.09. The largest absolute Gasteiger partial charge is 0.474 e. The number of fused-ring (bicyclic) bond motifs is 1. The van der Waals surface area contributed by atoms with Gasteiger partial charge in [-0.2, -0.15) is 0 Å². The molecule has 0 spiro atoms. The number of sulfone groups is 1. The maximum Gasteiger partial charge on any atom is 0.240 e. The van der Waals surface area contributed by atoms with E-state index in [4.69, 9.17) is 4.74 Å². The lowest BCUT2D eigenvalue weighted by molar-refractivity contribution is -0.121. The molecule has 31 heavy (non-hydrogen) atoms. The molecule has 0 atom stereocenters. The van der Waals surface area contributed by atoms with Gasteiger partial charge in [-0.3, -0.25) is 4.79 Å². The summed E-state index contributed by atoms with van der Waals surface area (Å²) in [6.07, 6.45) is 7.54. The highest BCUT2D eigenvalue weighted by Gasteiger charge is 2.18. The zero-order valence-electron chi connectivity index (χ0n) is 17.5. The van der Waals surface area contributed by atoms with Crippen LogP contribution in [0.2, 0.25) is 0 Å². The van der Waals surface area contributed by atoms with Gasteiger partial charge in [-0.05, 0) is 49.4 Å². The number of hydrogen-bond acceptors (Lipinski definition) is 6. The summed E-state index contributed by atoms with van der Waals surface area (Å²) in [6, 6.07) is 11.0. The average Bonchev–Trinajstić information content (AvgIpc) is 3.34. The summed E-state index contributed by atoms with van der Waals surface area (Å²) in [5.74, 6) is 0.485. The predicted octanol–water partition coefficient (Wildman–Crippen LogP) is 2.61. The van der Waals surface area contributed by atoms with Crippen LogP contribution in [0.15, 0.2) is 42.6 Å². The van der Waals surface area contributed by atoms with Crippen molar-refractivity contribution in [2.45, 2.75) is 50.6 Å². The predicted molar refractivity (Wildman–Crippen MR) is 117 cm³/mol. The third kappa shape index (κ3) is 5.61. The number of aromatic nitrogens is 3. The molecular formula is C22H26N4O4S. The van der Waals surface area contributed by atoms with Crippen LogP contribution in [0.3, 0.4) is 0 Å². The van der Waals surface area contributed by atoms with Gasteiger partial charge in [0, 0.05) is 25.1 Å². The Kier molecular flexibility index (Phi) is 6.22. The van der Waals surface area contributed by atoms with Gasteiger partial charge >= 0.3 is 0 Å². The fourth-order valence-electron chi connectivity index (χ4n) is 3.85. The fraction of sp³-hybridized carbons (Fsp3) is 0.409. The number of ether oxygens (including phenoxy) is 1. The van der Waals surface area contributed by atoms with Crippen LogP contribution in [0, 0.1) is 0 Å². The minimum absolute atomic E-state index is 0.0120. The molecule has 1 aliphatic rings. The Morgan fingerprint density at radius 2 is 2.00 bits per heavy atom. The average molecular weight is 443 g/mol. The van der Waals surface area contributed by atoms with Gasteiger partial charge < -0.3 is 14.6 Å². The molecule has 1 aliphatic carbocycles. The molecule has 2 aromatic heterocycles. The van der Waals surface area contributed by atoms with Crippen molar-refractivity contribution < 1.29 is 17.9 Å². The highest BCUT2D eigenvalue weighted by molar-refractivity contribution is 7.89. The first-order chi connectivity index (χ1) is 14.9. The first-order valence-corrected chi connectivity index (χ1v) is 12.4. The molecule has 0 bridgehead atoms. The number of nitrogens with one attached hydrogen (secondary N) is 1. The van der Waals surface area contributed by atoms with Crippen LogP contribution in [0.1, 0.15) is 37.1 Å². The van der Waals surface area contributed by atoms with Crippen LogP contribution in [-0.2, 0) is 33.5 Å². The second-order valence-corrected chi connectivity index (χ2v) is 10.1. The lowest BCUT2D eigenvalue weighted by atomic mass is 10.2. The zero-order chi connectivity index (χ0) is 21.8. The van der Waals surface area contributed by atoms with Crippen molar-refractivity contribution in [3.63, 3.8) is 0 Å². The zero-order valence-corrected chi connectivity index (χ0v) is 18.3. The van der Waals surface area contributed by atoms with Crippen molar-refractivity contribution in [3.05, 3.63) is 54.0 Å². The minimum atomic E-state index is -3.29. The maximum atomic E-state index is 12.7. The van der Waals surface area contributed by atoms with Crippen molar-refractivity contribution in [3.8, 4) is 5.88 Å². The molecule has 9 heteroatoms. The lowest BCUT2D eigenvalue weighted by Crippen LogP contribution is -2.28. The van der Waals surface area contributed by atoms with E-state index in [-0.39, 0.29) is 24.3 Å². The summed E-state index contributed by atoms with van der Waals surface area (Å²) in [6.45, 7) is 0.318. The molecule has 1 saturated carbocycles. The van der Waals surface area contributed by atoms with Gasteiger partial charge in [0.1, 0.15) is 24.2 Å². The molecular weight excluding hydrogens is 416 g/mol. The Labute approximate surface area is 181 Å². The minimum Gasteiger partial charge on any atom is -0.474 e. The van der Waals surface area contributed by atoms with E-state index in [0.29, 0.717) is 23.8 Å². The van der Waals surface area contributed by atoms with Gasteiger partial charge in [0.05, 0.1) is 11.0 Å². The third-order valence-electron chi connectivity index (χ3n) is 5.31. The lowest BCUT2D eigenvalue weighted by Gasteiger charge is -2.13. The van der Waals surface area contributed by atoms with Crippen molar-refractivity contribution >= 4 is 26.8 Å². The monoisotopic (exact) mass is 442 g/mol. The number of carbonyl (C=O) groups is 1. The molecule has 2 heterocycles. The highest BCUT2D eigenvalue weighted by Crippen LogP contribution is 2.23. The summed E-state index contributed by atoms with van der Waals surface area (Å²) in [5.41, 5.74) is 2.28. The fourth-order valence-corrected chi connectivity index (χ4v) is 4.54. The molecule has 1 aromatic carbocycles. The SMILES string of the molecule is CS(=O)(=O)Cc1nc2ccccc2n1CC(=O)NCc1ccnc(OC2CCCC2)c1. The number of amides is 1. The Morgan fingerprint density at radius 3 is 2.77 bits per heavy atom. The van der Waals surface area contributed by atoms with E-state index >= 15 is 0 Å². The number of nitrogens with zero attached hydrogens (tertiary/aromatic N) is 3. The molecule has 1 N–H and O–H groups in total. The first-order valence-electron chi connectivity index (χ1n) is 10.4. The Balaban J connectivity index is 1.43. The number of para-hydroxylation sites is 2. The van der Waals surface area contributed by atoms with Crippen molar-refractivity contribution in [2.75, 3.05) is 6.26 Å². The maximum absolute atomic E-state index is 12.7. The number of carbonyl (C=O) groups excluding carboxylic acids is 1. The van der Waals surface area contributed by atoms with Gasteiger partial charge in [-0.25, -0.2) is 18.4 Å². The van der Waals surface area contributed by atoms with Gasteiger partial charge in [0.2, 0.25) is 11.8 Å². The molecule has 0 radical (unpaired) electrons. The van der Waals surface area contributed by atoms with E-state index in [0.717, 1.165) is 30.2 Å². The van der Waals surface area contributed by atoms with Crippen LogP contribution in [0.4, 0.5) is 0 Å². The molecule has 8 nitrogen and oxygen atoms in total. The summed E-state index contributed by atoms with van der Waals surface area (Å²) in [4.78, 5) is 21.3. The number of pyridine rings is 1. The smallest absolute Gasteiger partial charge is 0.240 e. The van der Waals surface area contributed by atoms with Crippen LogP contribution in [0.5, 0.6) is 5.88 Å². The van der Waals surface area contributed by atoms with Crippen LogP contribution >= 0.6 is 0 Å². The van der Waals surface area contributed by atoms with E-state index in [2.05, 4.69) is 15.3 Å². The standard InChI is InChI=1S/C22H26N4O4S/c1-31(28,29)15-20-25-18-8-4-5-9-19(18)26(20)14-21(27)24-13-16-10-11-23-22(12-16)30-17-6-2-3-7-17/h4-5,8-12,17H,2-3,6-7,13-15H2,1H3,(H,24,27). The van der Waals surface area contributed by atoms with E-state index in [1.54, 1.807) is 16.8 Å². The Hall–Kier alpha value is -2.94. The Bertz CT molecular complexity index is 1180. The molecule has 1 amide bonds. The van der Waals surface area contributed by atoms with Crippen molar-refractivity contribution in [2.24, 2.45) is 0 Å². The van der Waals surface area contributed by atoms with Crippen molar-refractivity contribution in [1.29, 1.82) is 0 Å². The highest BCUT2D eigenvalue weighted by atomic mass is 32.2. The van der Waals surface area contributed by atoms with Crippen LogP contribution in [0.25, 0.3) is 11.0 Å². The molecule has 4 rings (SSSR count). The van der Waals surface area contributed by atoms with Gasteiger partial charge in [-0.15, -0.1) is 0 Å². The molecule has 0 aliphatic heterocycles. The van der Waals surface area contributed by atoms with E-state index < -0.39 is 9.84 Å². The number of benzene rings is 1. The van der Waals surface area contributed by atoms with E-state index in [9.17, 15) is 13.2 Å². The van der Waals surface area contributed by atoms with Gasteiger partial charge in [-0.1, -0.05) is 12.1 Å². The first kappa shape index (κ1) is 21.3. The summed E-state index contributed by atoms with van der Waals surface area (Å²) < 4.78 is 31.2. The second-order valence-electron chi connectivity index (χ2n) is 7.98. The van der Waals surface area contributed by atoms with E-state index in [1.165, 1.54) is 12.8 Å². The number of rotatable bonds is 8. The van der Waals surface area contributed by atoms with Crippen LogP contribution < -0.4 is 10.1 Å². The Morgan fingerprint density at radius 1 is 1.23 bits per heavy atom. The number of hydrogen-bond donors (Lipinski definition) is 1. The molecule has 0 saturated heterocycles. The normalized spacial score (nSPS) is 14.7. The van der Waals surface area contributed by atoms with Gasteiger partial charge in [0.15, 0.2) is 9.84 Å². The molecule has 3 aromatic rings. The second kappa shape index (κ2) is 9.05. The molecule has 0 unspecified atom stereocenters. The summed E-state index contributed by atoms with van der Waals surface area (Å²) >= 11 is 0. The van der Waals surface area contributed by atoms with E-state index in [1.807, 2.05) is 30.3 Å². The van der Waals surface area contributed by atoms with Crippen LogP contribution in [-0.4, -0.2) is 41.2 Å².